The molecule has 1 aromatic rings. The van der Waals surface area contributed by atoms with Crippen molar-refractivity contribution < 1.29 is 10.0 Å². The third-order valence-corrected chi connectivity index (χ3v) is 3.27. The Bertz CT molecular complexity index is 483. The zero-order valence-electron chi connectivity index (χ0n) is 11.1. The summed E-state index contributed by atoms with van der Waals surface area (Å²) in [5.74, 6) is 0.301. The summed E-state index contributed by atoms with van der Waals surface area (Å²) in [6.07, 6.45) is 2.00. The van der Waals surface area contributed by atoms with Gasteiger partial charge in [0.2, 0.25) is 11.8 Å². The lowest BCUT2D eigenvalue weighted by molar-refractivity contribution is -0.384. The number of nitrogen functional groups attached to an aromatic ring is 1. The zero-order chi connectivity index (χ0) is 14.5. The van der Waals surface area contributed by atoms with Crippen molar-refractivity contribution in [2.45, 2.75) is 6.42 Å². The van der Waals surface area contributed by atoms with E-state index >= 15 is 0 Å². The van der Waals surface area contributed by atoms with E-state index in [0.717, 1.165) is 25.7 Å². The number of nitro groups is 1. The number of rotatable bonds is 4. The molecule has 0 saturated carbocycles. The molecule has 0 bridgehead atoms. The molecule has 9 heteroatoms. The molecule has 1 aromatic heterocycles. The summed E-state index contributed by atoms with van der Waals surface area (Å²) < 4.78 is 0. The number of aliphatic hydroxyl groups excluding tert-OH is 1. The molecular formula is C11H18N6O3. The molecular weight excluding hydrogens is 264 g/mol. The van der Waals surface area contributed by atoms with Crippen LogP contribution in [-0.2, 0) is 0 Å². The Hall–Kier alpha value is -2.00. The number of aromatic nitrogens is 2. The topological polar surface area (TPSA) is 122 Å². The minimum Gasteiger partial charge on any atom is -0.395 e. The van der Waals surface area contributed by atoms with Crippen molar-refractivity contribution in [3.8, 4) is 0 Å². The molecule has 0 atom stereocenters. The third kappa shape index (κ3) is 3.31. The molecule has 2 heterocycles. The number of β-amino-alcohol motifs (C(OH)–C–C–N with tert-alkyl or cyclic N) is 1. The molecule has 2 rings (SSSR count). The van der Waals surface area contributed by atoms with Crippen LogP contribution in [-0.4, -0.2) is 64.2 Å². The van der Waals surface area contributed by atoms with Crippen LogP contribution in [0.4, 0.5) is 17.5 Å². The normalized spacial score (nSPS) is 16.9. The van der Waals surface area contributed by atoms with E-state index < -0.39 is 4.92 Å². The number of aliphatic hydroxyl groups is 1. The molecule has 0 amide bonds. The van der Waals surface area contributed by atoms with Crippen LogP contribution in [0.3, 0.4) is 0 Å². The Kier molecular flexibility index (Phi) is 4.64. The zero-order valence-corrected chi connectivity index (χ0v) is 11.1. The van der Waals surface area contributed by atoms with Crippen LogP contribution in [0, 0.1) is 10.1 Å². The van der Waals surface area contributed by atoms with Gasteiger partial charge in [-0.05, 0) is 13.0 Å². The molecule has 110 valence electrons. The van der Waals surface area contributed by atoms with E-state index in [1.807, 2.05) is 4.90 Å². The largest absolute Gasteiger partial charge is 0.395 e. The molecule has 0 spiro atoms. The van der Waals surface area contributed by atoms with Gasteiger partial charge in [-0.3, -0.25) is 15.0 Å². The lowest BCUT2D eigenvalue weighted by atomic mass is 10.3. The first-order chi connectivity index (χ1) is 9.61. The summed E-state index contributed by atoms with van der Waals surface area (Å²) >= 11 is 0. The van der Waals surface area contributed by atoms with Crippen LogP contribution >= 0.6 is 0 Å². The summed E-state index contributed by atoms with van der Waals surface area (Å²) in [5.41, 5.74) is 5.40. The smallest absolute Gasteiger partial charge is 0.329 e. The van der Waals surface area contributed by atoms with Crippen LogP contribution < -0.4 is 10.6 Å². The van der Waals surface area contributed by atoms with Crippen LogP contribution in [0.1, 0.15) is 6.42 Å². The second-order valence-corrected chi connectivity index (χ2v) is 4.60. The first-order valence-corrected chi connectivity index (χ1v) is 6.47. The molecule has 9 nitrogen and oxygen atoms in total. The maximum Gasteiger partial charge on any atom is 0.329 e. The quantitative estimate of drug-likeness (QED) is 0.558. The molecule has 1 fully saturated rings. The van der Waals surface area contributed by atoms with E-state index in [1.165, 1.54) is 0 Å². The predicted octanol–water partition coefficient (Wildman–Crippen LogP) is -0.529. The van der Waals surface area contributed by atoms with Crippen molar-refractivity contribution >= 4 is 17.5 Å². The van der Waals surface area contributed by atoms with Gasteiger partial charge in [-0.25, -0.2) is 4.98 Å². The molecule has 0 aliphatic carbocycles. The van der Waals surface area contributed by atoms with Crippen LogP contribution in [0.15, 0.2) is 6.20 Å². The fraction of sp³-hybridized carbons (Fsp3) is 0.636. The maximum absolute atomic E-state index is 11.0. The van der Waals surface area contributed by atoms with Gasteiger partial charge < -0.3 is 15.7 Å². The highest BCUT2D eigenvalue weighted by molar-refractivity contribution is 5.58. The monoisotopic (exact) mass is 282 g/mol. The summed E-state index contributed by atoms with van der Waals surface area (Å²) in [5, 5.41) is 20.0. The van der Waals surface area contributed by atoms with E-state index in [1.54, 1.807) is 0 Å². The number of nitrogens with two attached hydrogens (primary N) is 1. The Labute approximate surface area is 116 Å². The third-order valence-electron chi connectivity index (χ3n) is 3.27. The number of hydrogen-bond acceptors (Lipinski definition) is 8. The van der Waals surface area contributed by atoms with Gasteiger partial charge in [-0.15, -0.1) is 0 Å². The van der Waals surface area contributed by atoms with Gasteiger partial charge in [0.25, 0.3) is 0 Å². The maximum atomic E-state index is 11.0. The molecule has 0 radical (unpaired) electrons. The van der Waals surface area contributed by atoms with Crippen molar-refractivity contribution in [1.29, 1.82) is 0 Å². The van der Waals surface area contributed by atoms with Gasteiger partial charge in [0.05, 0.1) is 11.5 Å². The molecule has 1 aliphatic heterocycles. The molecule has 1 aliphatic rings. The minimum absolute atomic E-state index is 0.0297. The molecule has 20 heavy (non-hydrogen) atoms. The van der Waals surface area contributed by atoms with E-state index in [9.17, 15) is 10.1 Å². The lowest BCUT2D eigenvalue weighted by Gasteiger charge is -2.22. The molecule has 1 saturated heterocycles. The van der Waals surface area contributed by atoms with Crippen molar-refractivity contribution in [2.24, 2.45) is 0 Å². The SMILES string of the molecule is Nc1ncc([N+](=O)[O-])c(N2CCCN(CCO)CC2)n1. The van der Waals surface area contributed by atoms with Crippen LogP contribution in [0.2, 0.25) is 0 Å². The predicted molar refractivity (Wildman–Crippen MR) is 73.5 cm³/mol. The van der Waals surface area contributed by atoms with Crippen molar-refractivity contribution in [2.75, 3.05) is 50.0 Å². The Balaban J connectivity index is 2.18. The Morgan fingerprint density at radius 2 is 2.20 bits per heavy atom. The second kappa shape index (κ2) is 6.44. The van der Waals surface area contributed by atoms with Gasteiger partial charge in [-0.2, -0.15) is 4.98 Å². The number of anilines is 2. The first kappa shape index (κ1) is 14.4. The lowest BCUT2D eigenvalue weighted by Crippen LogP contribution is -2.33. The standard InChI is InChI=1S/C11H18N6O3/c12-11-13-8-9(17(19)20)10(14-11)16-3-1-2-15(4-5-16)6-7-18/h8,18H,1-7H2,(H2,12,13,14). The van der Waals surface area contributed by atoms with Gasteiger partial charge in [0.1, 0.15) is 6.20 Å². The second-order valence-electron chi connectivity index (χ2n) is 4.60. The number of nitrogens with zero attached hydrogens (tertiary/aromatic N) is 5. The van der Waals surface area contributed by atoms with Gasteiger partial charge in [-0.1, -0.05) is 0 Å². The highest BCUT2D eigenvalue weighted by Crippen LogP contribution is 2.26. The van der Waals surface area contributed by atoms with Gasteiger partial charge >= 0.3 is 5.69 Å². The summed E-state index contributed by atoms with van der Waals surface area (Å²) in [6, 6.07) is 0. The summed E-state index contributed by atoms with van der Waals surface area (Å²) in [4.78, 5) is 22.2. The van der Waals surface area contributed by atoms with Crippen LogP contribution in [0.25, 0.3) is 0 Å². The van der Waals surface area contributed by atoms with Crippen molar-refractivity contribution in [1.82, 2.24) is 14.9 Å². The van der Waals surface area contributed by atoms with Crippen molar-refractivity contribution in [3.05, 3.63) is 16.3 Å². The van der Waals surface area contributed by atoms with Gasteiger partial charge in [0, 0.05) is 26.2 Å². The van der Waals surface area contributed by atoms with E-state index in [2.05, 4.69) is 14.9 Å². The average molecular weight is 282 g/mol. The van der Waals surface area contributed by atoms with Gasteiger partial charge in [0.15, 0.2) is 0 Å². The van der Waals surface area contributed by atoms with E-state index in [-0.39, 0.29) is 24.1 Å². The van der Waals surface area contributed by atoms with Crippen LogP contribution in [0.5, 0.6) is 0 Å². The fourth-order valence-corrected chi connectivity index (χ4v) is 2.29. The highest BCUT2D eigenvalue weighted by atomic mass is 16.6. The average Bonchev–Trinajstić information content (AvgIpc) is 2.64. The summed E-state index contributed by atoms with van der Waals surface area (Å²) in [7, 11) is 0. The van der Waals surface area contributed by atoms with Crippen molar-refractivity contribution in [3.63, 3.8) is 0 Å². The molecule has 0 unspecified atom stereocenters. The molecule has 3 N–H and O–H groups in total. The minimum atomic E-state index is -0.495. The molecule has 0 aromatic carbocycles. The van der Waals surface area contributed by atoms with E-state index in [4.69, 9.17) is 10.8 Å². The fourth-order valence-electron chi connectivity index (χ4n) is 2.29. The Morgan fingerprint density at radius 3 is 2.90 bits per heavy atom. The highest BCUT2D eigenvalue weighted by Gasteiger charge is 2.24. The Morgan fingerprint density at radius 1 is 1.40 bits per heavy atom. The first-order valence-electron chi connectivity index (χ1n) is 6.47. The summed E-state index contributed by atoms with van der Waals surface area (Å²) in [6.45, 7) is 3.58. The van der Waals surface area contributed by atoms with E-state index in [0.29, 0.717) is 19.6 Å². The number of hydrogen-bond donors (Lipinski definition) is 2.